The Balaban J connectivity index is 2.29. The molecule has 0 saturated carbocycles. The van der Waals surface area contributed by atoms with Crippen LogP contribution in [0, 0.1) is 5.92 Å². The van der Waals surface area contributed by atoms with Crippen molar-refractivity contribution >= 4 is 23.6 Å². The van der Waals surface area contributed by atoms with E-state index in [4.69, 9.17) is 9.47 Å². The average Bonchev–Trinajstić information content (AvgIpc) is 3.06. The molecule has 0 aromatic heterocycles. The van der Waals surface area contributed by atoms with Crippen LogP contribution < -0.4 is 14.8 Å². The summed E-state index contributed by atoms with van der Waals surface area (Å²) >= 11 is 1.54. The number of thioether (sulfide) groups is 1. The molecule has 29 heavy (non-hydrogen) atoms. The number of likely N-dealkylation sites (N-methyl/N-ethyl adjacent to an activating group) is 1. The Bertz CT molecular complexity index is 711. The summed E-state index contributed by atoms with van der Waals surface area (Å²) < 4.78 is 10.7. The molecule has 0 radical (unpaired) electrons. The molecule has 1 aromatic rings. The third kappa shape index (κ3) is 6.02. The van der Waals surface area contributed by atoms with Crippen molar-refractivity contribution in [3.05, 3.63) is 23.8 Å². The molecule has 0 unspecified atom stereocenters. The molecular weight excluding hydrogens is 390 g/mol. The normalized spacial score (nSPS) is 17.7. The molecule has 1 heterocycles. The fraction of sp³-hybridized carbons (Fsp3) is 0.619. The number of amides is 2. The fourth-order valence-electron chi connectivity index (χ4n) is 3.35. The van der Waals surface area contributed by atoms with Gasteiger partial charge in [-0.05, 0) is 44.1 Å². The van der Waals surface area contributed by atoms with Crippen LogP contribution in [0.5, 0.6) is 11.5 Å². The fourth-order valence-corrected chi connectivity index (χ4v) is 4.56. The zero-order valence-corrected chi connectivity index (χ0v) is 19.0. The van der Waals surface area contributed by atoms with E-state index in [1.54, 1.807) is 19.1 Å². The van der Waals surface area contributed by atoms with Gasteiger partial charge in [-0.15, -0.1) is 11.8 Å². The van der Waals surface area contributed by atoms with Gasteiger partial charge in [-0.3, -0.25) is 9.59 Å². The van der Waals surface area contributed by atoms with Crippen molar-refractivity contribution in [1.29, 1.82) is 0 Å². The maximum absolute atomic E-state index is 13.0. The lowest BCUT2D eigenvalue weighted by Gasteiger charge is -2.33. The zero-order chi connectivity index (χ0) is 21.6. The van der Waals surface area contributed by atoms with Crippen molar-refractivity contribution < 1.29 is 19.1 Å². The minimum Gasteiger partial charge on any atom is -0.493 e. The topological polar surface area (TPSA) is 71.1 Å². The predicted molar refractivity (Wildman–Crippen MR) is 116 cm³/mol. The highest BCUT2D eigenvalue weighted by Gasteiger charge is 2.41. The van der Waals surface area contributed by atoms with Crippen LogP contribution in [0.4, 0.5) is 0 Å². The lowest BCUT2D eigenvalue weighted by atomic mass is 10.0. The molecule has 0 bridgehead atoms. The highest BCUT2D eigenvalue weighted by Crippen LogP contribution is 2.43. The van der Waals surface area contributed by atoms with Crippen LogP contribution in [0.15, 0.2) is 18.2 Å². The van der Waals surface area contributed by atoms with E-state index in [0.717, 1.165) is 12.1 Å². The Morgan fingerprint density at radius 2 is 1.97 bits per heavy atom. The van der Waals surface area contributed by atoms with Gasteiger partial charge in [-0.2, -0.15) is 0 Å². The molecule has 0 spiro atoms. The highest BCUT2D eigenvalue weighted by molar-refractivity contribution is 8.00. The van der Waals surface area contributed by atoms with Crippen LogP contribution in [-0.2, 0) is 9.59 Å². The molecule has 1 aromatic carbocycles. The molecule has 1 saturated heterocycles. The maximum Gasteiger partial charge on any atom is 0.242 e. The molecular formula is C21H33N3O4S. The number of hydrogen-bond donors (Lipinski definition) is 1. The lowest BCUT2D eigenvalue weighted by Crippen LogP contribution is -2.50. The van der Waals surface area contributed by atoms with Crippen LogP contribution in [0.3, 0.4) is 0 Å². The molecule has 1 N–H and O–H groups in total. The number of carbonyl (C=O) groups excluding carboxylic acids is 2. The largest absolute Gasteiger partial charge is 0.493 e. The molecule has 0 aliphatic carbocycles. The SMILES string of the molecule is COc1ccc([C@@H]2SCC(=O)N2[C@@H](CC(C)C)C(=O)NCCN(C)C)cc1OC. The number of methoxy groups -OCH3 is 2. The van der Waals surface area contributed by atoms with Crippen LogP contribution in [0.25, 0.3) is 0 Å². The van der Waals surface area contributed by atoms with Gasteiger partial charge in [0.1, 0.15) is 11.4 Å². The number of hydrogen-bond acceptors (Lipinski definition) is 6. The van der Waals surface area contributed by atoms with E-state index in [-0.39, 0.29) is 23.1 Å². The summed E-state index contributed by atoms with van der Waals surface area (Å²) in [5, 5.41) is 2.77. The summed E-state index contributed by atoms with van der Waals surface area (Å²) in [7, 11) is 7.11. The van der Waals surface area contributed by atoms with Crippen LogP contribution >= 0.6 is 11.8 Å². The molecule has 2 atom stereocenters. The first kappa shape index (κ1) is 23.3. The van der Waals surface area contributed by atoms with Gasteiger partial charge in [0.25, 0.3) is 0 Å². The van der Waals surface area contributed by atoms with E-state index in [1.165, 1.54) is 11.8 Å². The maximum atomic E-state index is 13.0. The molecule has 2 amide bonds. The van der Waals surface area contributed by atoms with Gasteiger partial charge in [0.15, 0.2) is 11.5 Å². The predicted octanol–water partition coefficient (Wildman–Crippen LogP) is 2.37. The molecule has 7 nitrogen and oxygen atoms in total. The summed E-state index contributed by atoms with van der Waals surface area (Å²) in [6.45, 7) is 5.44. The van der Waals surface area contributed by atoms with Gasteiger partial charge in [-0.1, -0.05) is 19.9 Å². The number of nitrogens with zero attached hydrogens (tertiary/aromatic N) is 2. The summed E-state index contributed by atoms with van der Waals surface area (Å²) in [6.07, 6.45) is 0.615. The lowest BCUT2D eigenvalue weighted by molar-refractivity contribution is -0.139. The minimum absolute atomic E-state index is 0.0109. The molecule has 162 valence electrons. The van der Waals surface area contributed by atoms with E-state index in [0.29, 0.717) is 30.2 Å². The highest BCUT2D eigenvalue weighted by atomic mass is 32.2. The van der Waals surface area contributed by atoms with Crippen molar-refractivity contribution in [2.24, 2.45) is 5.92 Å². The second-order valence-corrected chi connectivity index (χ2v) is 8.89. The molecule has 1 aliphatic heterocycles. The minimum atomic E-state index is -0.502. The Morgan fingerprint density at radius 1 is 1.28 bits per heavy atom. The van der Waals surface area contributed by atoms with Gasteiger partial charge in [0, 0.05) is 13.1 Å². The van der Waals surface area contributed by atoms with Crippen molar-refractivity contribution in [3.63, 3.8) is 0 Å². The van der Waals surface area contributed by atoms with Crippen molar-refractivity contribution in [2.45, 2.75) is 31.7 Å². The number of rotatable bonds is 10. The Hall–Kier alpha value is -1.93. The molecule has 1 aliphatic rings. The van der Waals surface area contributed by atoms with Gasteiger partial charge >= 0.3 is 0 Å². The van der Waals surface area contributed by atoms with Crippen molar-refractivity contribution in [2.75, 3.05) is 47.2 Å². The quantitative estimate of drug-likeness (QED) is 0.623. The average molecular weight is 424 g/mol. The van der Waals surface area contributed by atoms with E-state index < -0.39 is 6.04 Å². The summed E-state index contributed by atoms with van der Waals surface area (Å²) in [4.78, 5) is 29.6. The standard InChI is InChI=1S/C21H33N3O4S/c1-14(2)11-16(20(26)22-9-10-23(3)4)24-19(25)13-29-21(24)15-7-8-17(27-5)18(12-15)28-6/h7-8,12,14,16,21H,9-11,13H2,1-6H3,(H,22,26)/t16-,21-/m0/s1. The number of benzene rings is 1. The van der Waals surface area contributed by atoms with Gasteiger partial charge < -0.3 is 24.6 Å². The Kier molecular flexibility index (Phi) is 8.64. The molecule has 8 heteroatoms. The van der Waals surface area contributed by atoms with Gasteiger partial charge in [0.2, 0.25) is 11.8 Å². The van der Waals surface area contributed by atoms with Gasteiger partial charge in [-0.25, -0.2) is 0 Å². The number of nitrogens with one attached hydrogen (secondary N) is 1. The third-order valence-electron chi connectivity index (χ3n) is 4.79. The Labute approximate surface area is 178 Å². The third-order valence-corrected chi connectivity index (χ3v) is 6.02. The second-order valence-electron chi connectivity index (χ2n) is 7.82. The first-order valence-electron chi connectivity index (χ1n) is 9.85. The molecule has 2 rings (SSSR count). The number of carbonyl (C=O) groups is 2. The summed E-state index contributed by atoms with van der Waals surface area (Å²) in [6, 6.07) is 5.15. The van der Waals surface area contributed by atoms with Crippen LogP contribution in [0.1, 0.15) is 31.2 Å². The van der Waals surface area contributed by atoms with E-state index in [2.05, 4.69) is 19.2 Å². The summed E-state index contributed by atoms with van der Waals surface area (Å²) in [5.41, 5.74) is 0.924. The smallest absolute Gasteiger partial charge is 0.242 e. The second kappa shape index (κ2) is 10.7. The van der Waals surface area contributed by atoms with Crippen molar-refractivity contribution in [1.82, 2.24) is 15.1 Å². The van der Waals surface area contributed by atoms with E-state index in [1.807, 2.05) is 37.2 Å². The van der Waals surface area contributed by atoms with Crippen molar-refractivity contribution in [3.8, 4) is 11.5 Å². The van der Waals surface area contributed by atoms with E-state index in [9.17, 15) is 9.59 Å². The van der Waals surface area contributed by atoms with Gasteiger partial charge in [0.05, 0.1) is 20.0 Å². The molecule has 1 fully saturated rings. The first-order chi connectivity index (χ1) is 13.8. The van der Waals surface area contributed by atoms with E-state index >= 15 is 0 Å². The monoisotopic (exact) mass is 423 g/mol. The van der Waals surface area contributed by atoms with Crippen LogP contribution in [0.2, 0.25) is 0 Å². The Morgan fingerprint density at radius 3 is 2.55 bits per heavy atom. The van der Waals surface area contributed by atoms with Crippen LogP contribution in [-0.4, -0.2) is 74.8 Å². The first-order valence-corrected chi connectivity index (χ1v) is 10.9. The zero-order valence-electron chi connectivity index (χ0n) is 18.2. The number of ether oxygens (including phenoxy) is 2. The summed E-state index contributed by atoms with van der Waals surface area (Å²) in [5.74, 6) is 1.78.